The highest BCUT2D eigenvalue weighted by molar-refractivity contribution is 6.33. The number of hydrogen-bond acceptors (Lipinski definition) is 7. The Balaban J connectivity index is 5.24. The smallest absolute Gasteiger partial charge is 0.345 e. The lowest BCUT2D eigenvalue weighted by Crippen LogP contribution is -2.52. The van der Waals surface area contributed by atoms with Crippen LogP contribution in [0.25, 0.3) is 0 Å². The summed E-state index contributed by atoms with van der Waals surface area (Å²) in [7, 11) is 0. The lowest BCUT2D eigenvalue weighted by Gasteiger charge is -2.19. The van der Waals surface area contributed by atoms with E-state index in [2.05, 4.69) is 9.47 Å². The number of carboxylic acid groups (broad SMARTS) is 2. The van der Waals surface area contributed by atoms with E-state index in [1.165, 1.54) is 0 Å². The van der Waals surface area contributed by atoms with Crippen molar-refractivity contribution < 1.29 is 43.7 Å². The summed E-state index contributed by atoms with van der Waals surface area (Å²) in [5.74, 6) is -7.65. The first-order valence-corrected chi connectivity index (χ1v) is 4.02. The van der Waals surface area contributed by atoms with Gasteiger partial charge in [0.25, 0.3) is 6.47 Å². The maximum absolute atomic E-state index is 11.3. The van der Waals surface area contributed by atoms with Crippen LogP contribution in [0.1, 0.15) is 6.92 Å². The van der Waals surface area contributed by atoms with Crippen molar-refractivity contribution in [2.24, 2.45) is 5.41 Å². The summed E-state index contributed by atoms with van der Waals surface area (Å²) >= 11 is 0. The van der Waals surface area contributed by atoms with E-state index >= 15 is 0 Å². The zero-order valence-corrected chi connectivity index (χ0v) is 8.54. The first kappa shape index (κ1) is 14.6. The lowest BCUT2D eigenvalue weighted by atomic mass is 9.84. The molecule has 0 aliphatic heterocycles. The second-order valence-corrected chi connectivity index (χ2v) is 2.73. The van der Waals surface area contributed by atoms with E-state index in [1.807, 2.05) is 0 Å². The predicted octanol–water partition coefficient (Wildman–Crippen LogP) is -1.60. The van der Waals surface area contributed by atoms with E-state index in [9.17, 15) is 24.0 Å². The molecule has 0 radical (unpaired) electrons. The highest BCUT2D eigenvalue weighted by atomic mass is 16.7. The van der Waals surface area contributed by atoms with Crippen LogP contribution in [0.5, 0.6) is 0 Å². The van der Waals surface area contributed by atoms with Crippen molar-refractivity contribution in [1.29, 1.82) is 0 Å². The minimum absolute atomic E-state index is 0.107. The predicted molar refractivity (Wildman–Crippen MR) is 46.5 cm³/mol. The summed E-state index contributed by atoms with van der Waals surface area (Å²) in [4.78, 5) is 53.6. The van der Waals surface area contributed by atoms with Crippen LogP contribution in [0.2, 0.25) is 0 Å². The molecule has 0 unspecified atom stereocenters. The van der Waals surface area contributed by atoms with Crippen LogP contribution in [-0.4, -0.2) is 47.2 Å². The van der Waals surface area contributed by atoms with Crippen molar-refractivity contribution in [1.82, 2.24) is 0 Å². The molecule has 0 bridgehead atoms. The number of ketones is 1. The second-order valence-electron chi connectivity index (χ2n) is 2.73. The summed E-state index contributed by atoms with van der Waals surface area (Å²) in [6.45, 7) is -0.480. The number of hydrogen-bond donors (Lipinski definition) is 2. The molecule has 0 rings (SSSR count). The highest BCUT2D eigenvalue weighted by Crippen LogP contribution is 2.22. The van der Waals surface area contributed by atoms with Gasteiger partial charge in [0.1, 0.15) is 0 Å². The molecular formula is C8H8O9. The Bertz CT molecular complexity index is 333. The average molecular weight is 248 g/mol. The molecule has 0 aliphatic carbocycles. The maximum Gasteiger partial charge on any atom is 0.345 e. The quantitative estimate of drug-likeness (QED) is 0.179. The fourth-order valence-electron chi connectivity index (χ4n) is 0.935. The third kappa shape index (κ3) is 2.56. The average Bonchev–Trinajstić information content (AvgIpc) is 2.16. The SMILES string of the molecule is CC(=O)C(C(=O)O)(C(=O)O)C(=O)OCOC=O. The highest BCUT2D eigenvalue weighted by Gasteiger charge is 2.60. The zero-order valence-electron chi connectivity index (χ0n) is 8.54. The van der Waals surface area contributed by atoms with Gasteiger partial charge in [-0.1, -0.05) is 0 Å². The number of esters is 1. The molecular weight excluding hydrogens is 240 g/mol. The largest absolute Gasteiger partial charge is 0.480 e. The van der Waals surface area contributed by atoms with Gasteiger partial charge in [0, 0.05) is 0 Å². The molecule has 0 aromatic carbocycles. The molecule has 0 fully saturated rings. The molecule has 94 valence electrons. The molecule has 0 amide bonds. The molecule has 0 atom stereocenters. The van der Waals surface area contributed by atoms with E-state index in [0.717, 1.165) is 0 Å². The maximum atomic E-state index is 11.3. The van der Waals surface area contributed by atoms with Crippen LogP contribution >= 0.6 is 0 Å². The molecule has 0 aliphatic rings. The minimum Gasteiger partial charge on any atom is -0.480 e. The first-order chi connectivity index (χ1) is 7.81. The van der Waals surface area contributed by atoms with Gasteiger partial charge in [-0.3, -0.25) is 9.59 Å². The van der Waals surface area contributed by atoms with Crippen molar-refractivity contribution in [3.63, 3.8) is 0 Å². The number of carbonyl (C=O) groups excluding carboxylic acids is 3. The monoisotopic (exact) mass is 248 g/mol. The topological polar surface area (TPSA) is 144 Å². The van der Waals surface area contributed by atoms with Gasteiger partial charge in [-0.2, -0.15) is 0 Å². The molecule has 9 heteroatoms. The third-order valence-corrected chi connectivity index (χ3v) is 1.80. The van der Waals surface area contributed by atoms with Gasteiger partial charge in [0.05, 0.1) is 0 Å². The molecule has 0 aromatic rings. The normalized spacial score (nSPS) is 10.2. The van der Waals surface area contributed by atoms with Crippen LogP contribution < -0.4 is 0 Å². The van der Waals surface area contributed by atoms with Crippen molar-refractivity contribution in [2.75, 3.05) is 6.79 Å². The van der Waals surface area contributed by atoms with Gasteiger partial charge in [-0.25, -0.2) is 14.4 Å². The van der Waals surface area contributed by atoms with Crippen LogP contribution in [0.15, 0.2) is 0 Å². The van der Waals surface area contributed by atoms with E-state index in [0.29, 0.717) is 6.92 Å². The standard InChI is InChI=1S/C8H8O9/c1-4(10)8(5(11)12,6(13)14)7(15)17-3-16-2-9/h2H,3H2,1H3,(H,11,12)(H,13,14). The van der Waals surface area contributed by atoms with Crippen molar-refractivity contribution in [3.05, 3.63) is 0 Å². The Kier molecular flexibility index (Phi) is 4.78. The Morgan fingerprint density at radius 3 is 1.94 bits per heavy atom. The number of carbonyl (C=O) groups is 5. The Labute approximate surface area is 93.9 Å². The van der Waals surface area contributed by atoms with Crippen molar-refractivity contribution in [2.45, 2.75) is 6.92 Å². The summed E-state index contributed by atoms with van der Waals surface area (Å²) < 4.78 is 7.97. The summed E-state index contributed by atoms with van der Waals surface area (Å²) in [5.41, 5.74) is -3.35. The molecule has 0 aromatic heterocycles. The summed E-state index contributed by atoms with van der Waals surface area (Å²) in [6.07, 6.45) is 0. The Morgan fingerprint density at radius 2 is 1.65 bits per heavy atom. The molecule has 0 saturated heterocycles. The van der Waals surface area contributed by atoms with Gasteiger partial charge in [0.15, 0.2) is 5.78 Å². The van der Waals surface area contributed by atoms with Crippen LogP contribution in [-0.2, 0) is 33.4 Å². The minimum atomic E-state index is -3.35. The molecule has 0 spiro atoms. The molecule has 2 N–H and O–H groups in total. The van der Waals surface area contributed by atoms with Crippen LogP contribution in [0.3, 0.4) is 0 Å². The fourth-order valence-corrected chi connectivity index (χ4v) is 0.935. The first-order valence-electron chi connectivity index (χ1n) is 4.02. The number of rotatable bonds is 7. The van der Waals surface area contributed by atoms with Crippen LogP contribution in [0.4, 0.5) is 0 Å². The van der Waals surface area contributed by atoms with Gasteiger partial charge in [-0.15, -0.1) is 0 Å². The van der Waals surface area contributed by atoms with Gasteiger partial charge in [-0.05, 0) is 6.92 Å². The van der Waals surface area contributed by atoms with Gasteiger partial charge >= 0.3 is 23.3 Å². The second kappa shape index (κ2) is 5.58. The molecule has 17 heavy (non-hydrogen) atoms. The molecule has 9 nitrogen and oxygen atoms in total. The summed E-state index contributed by atoms with van der Waals surface area (Å²) in [5, 5.41) is 17.4. The van der Waals surface area contributed by atoms with E-state index in [1.54, 1.807) is 0 Å². The third-order valence-electron chi connectivity index (χ3n) is 1.80. The van der Waals surface area contributed by atoms with Gasteiger partial charge < -0.3 is 19.7 Å². The Morgan fingerprint density at radius 1 is 1.18 bits per heavy atom. The van der Waals surface area contributed by atoms with Crippen molar-refractivity contribution >= 4 is 30.2 Å². The Hall–Kier alpha value is -2.45. The number of Topliss-reactive ketones (excluding diaryl/α,β-unsaturated/α-hetero) is 1. The van der Waals surface area contributed by atoms with Gasteiger partial charge in [0.2, 0.25) is 6.79 Å². The van der Waals surface area contributed by atoms with Crippen molar-refractivity contribution in [3.8, 4) is 0 Å². The zero-order chi connectivity index (χ0) is 13.6. The number of aliphatic carboxylic acids is 2. The van der Waals surface area contributed by atoms with Crippen LogP contribution in [0, 0.1) is 5.41 Å². The fraction of sp³-hybridized carbons (Fsp3) is 0.375. The molecule has 0 saturated carbocycles. The molecule has 0 heterocycles. The van der Waals surface area contributed by atoms with E-state index in [4.69, 9.17) is 10.2 Å². The summed E-state index contributed by atoms with van der Waals surface area (Å²) in [6, 6.07) is 0. The number of carboxylic acids is 2. The van der Waals surface area contributed by atoms with E-state index < -0.39 is 35.9 Å². The number of ether oxygens (including phenoxy) is 2. The lowest BCUT2D eigenvalue weighted by molar-refractivity contribution is -0.184. The van der Waals surface area contributed by atoms with E-state index in [-0.39, 0.29) is 6.47 Å².